The van der Waals surface area contributed by atoms with E-state index in [4.69, 9.17) is 0 Å². The molecule has 0 amide bonds. The Bertz CT molecular complexity index is 295. The Kier molecular flexibility index (Phi) is 4.26. The topological polar surface area (TPSA) is 29.1 Å². The second-order valence-corrected chi connectivity index (χ2v) is 3.11. The molecule has 1 rings (SSSR count). The first-order chi connectivity index (χ1) is 6.74. The third kappa shape index (κ3) is 3.26. The summed E-state index contributed by atoms with van der Waals surface area (Å²) in [6, 6.07) is 5.61. The largest absolute Gasteiger partial charge is 0.310 e. The first kappa shape index (κ1) is 10.9. The van der Waals surface area contributed by atoms with Crippen molar-refractivity contribution in [2.45, 2.75) is 13.3 Å². The summed E-state index contributed by atoms with van der Waals surface area (Å²) in [7, 11) is 0. The van der Waals surface area contributed by atoms with E-state index in [0.717, 1.165) is 13.0 Å². The Labute approximate surface area is 83.1 Å². The van der Waals surface area contributed by atoms with E-state index < -0.39 is 0 Å². The summed E-state index contributed by atoms with van der Waals surface area (Å²) in [4.78, 5) is 11.4. The number of rotatable bonds is 5. The van der Waals surface area contributed by atoms with E-state index in [1.54, 1.807) is 0 Å². The average molecular weight is 195 g/mol. The molecule has 3 heteroatoms. The van der Waals surface area contributed by atoms with E-state index in [1.807, 2.05) is 6.92 Å². The van der Waals surface area contributed by atoms with Gasteiger partial charge in [-0.15, -0.1) is 0 Å². The number of carbonyl (C=O) groups is 1. The lowest BCUT2D eigenvalue weighted by molar-refractivity contribution is 0.0991. The van der Waals surface area contributed by atoms with Crippen LogP contribution in [0.5, 0.6) is 0 Å². The van der Waals surface area contributed by atoms with E-state index in [1.165, 1.54) is 24.3 Å². The number of hydrogen-bond donors (Lipinski definition) is 1. The van der Waals surface area contributed by atoms with Crippen LogP contribution in [0.25, 0.3) is 0 Å². The maximum atomic E-state index is 12.5. The van der Waals surface area contributed by atoms with Crippen molar-refractivity contribution in [1.29, 1.82) is 0 Å². The van der Waals surface area contributed by atoms with Crippen LogP contribution in [-0.2, 0) is 0 Å². The highest BCUT2D eigenvalue weighted by Crippen LogP contribution is 2.02. The molecule has 0 aromatic heterocycles. The van der Waals surface area contributed by atoms with Gasteiger partial charge < -0.3 is 5.32 Å². The fraction of sp³-hybridized carbons (Fsp3) is 0.364. The smallest absolute Gasteiger partial charge is 0.176 e. The molecule has 0 aliphatic carbocycles. The summed E-state index contributed by atoms with van der Waals surface area (Å²) < 4.78 is 12.5. The number of hydrogen-bond acceptors (Lipinski definition) is 2. The minimum Gasteiger partial charge on any atom is -0.310 e. The van der Waals surface area contributed by atoms with Crippen LogP contribution in [0.3, 0.4) is 0 Å². The molecule has 0 fully saturated rings. The molecule has 1 N–H and O–H groups in total. The van der Waals surface area contributed by atoms with E-state index in [0.29, 0.717) is 12.1 Å². The summed E-state index contributed by atoms with van der Waals surface area (Å²) in [5, 5.41) is 3.00. The predicted octanol–water partition coefficient (Wildman–Crippen LogP) is 2.01. The van der Waals surface area contributed by atoms with Crippen molar-refractivity contribution in [3.8, 4) is 0 Å². The van der Waals surface area contributed by atoms with Crippen molar-refractivity contribution in [2.75, 3.05) is 13.1 Å². The molecule has 0 saturated heterocycles. The Balaban J connectivity index is 2.48. The number of halogens is 1. The summed E-state index contributed by atoms with van der Waals surface area (Å²) in [6.45, 7) is 3.18. The fourth-order valence-electron chi connectivity index (χ4n) is 1.12. The van der Waals surface area contributed by atoms with Crippen molar-refractivity contribution in [2.24, 2.45) is 0 Å². The van der Waals surface area contributed by atoms with Crippen LogP contribution in [0.15, 0.2) is 24.3 Å². The summed E-state index contributed by atoms with van der Waals surface area (Å²) in [5.41, 5.74) is 0.551. The van der Waals surface area contributed by atoms with Crippen LogP contribution in [0, 0.1) is 5.82 Å². The standard InChI is InChI=1S/C11H14FNO/c1-2-7-13-8-11(14)9-3-5-10(12)6-4-9/h3-6,13H,2,7-8H2,1H3. The molecule has 0 atom stereocenters. The van der Waals surface area contributed by atoms with Crippen LogP contribution < -0.4 is 5.32 Å². The molecular weight excluding hydrogens is 181 g/mol. The van der Waals surface area contributed by atoms with E-state index in [9.17, 15) is 9.18 Å². The van der Waals surface area contributed by atoms with Gasteiger partial charge in [0.1, 0.15) is 5.82 Å². The minimum atomic E-state index is -0.317. The molecule has 14 heavy (non-hydrogen) atoms. The molecule has 0 aliphatic rings. The second-order valence-electron chi connectivity index (χ2n) is 3.11. The highest BCUT2D eigenvalue weighted by Gasteiger charge is 2.04. The van der Waals surface area contributed by atoms with Crippen LogP contribution in [-0.4, -0.2) is 18.9 Å². The molecular formula is C11H14FNO. The SMILES string of the molecule is CCCNCC(=O)c1ccc(F)cc1. The van der Waals surface area contributed by atoms with Gasteiger partial charge in [-0.2, -0.15) is 0 Å². The zero-order valence-electron chi connectivity index (χ0n) is 8.22. The first-order valence-electron chi connectivity index (χ1n) is 4.73. The molecule has 0 spiro atoms. The van der Waals surface area contributed by atoms with Crippen LogP contribution >= 0.6 is 0 Å². The van der Waals surface area contributed by atoms with Gasteiger partial charge in [0.25, 0.3) is 0 Å². The summed E-state index contributed by atoms with van der Waals surface area (Å²) in [5.74, 6) is -0.318. The highest BCUT2D eigenvalue weighted by atomic mass is 19.1. The number of ketones is 1. The Hall–Kier alpha value is -1.22. The monoisotopic (exact) mass is 195 g/mol. The zero-order chi connectivity index (χ0) is 10.4. The molecule has 2 nitrogen and oxygen atoms in total. The molecule has 0 saturated carbocycles. The Morgan fingerprint density at radius 1 is 1.36 bits per heavy atom. The Morgan fingerprint density at radius 2 is 2.00 bits per heavy atom. The lowest BCUT2D eigenvalue weighted by Gasteiger charge is -2.02. The Morgan fingerprint density at radius 3 is 2.57 bits per heavy atom. The number of Topliss-reactive ketones (excluding diaryl/α,β-unsaturated/α-hetero) is 1. The lowest BCUT2D eigenvalue weighted by Crippen LogP contribution is -2.23. The maximum Gasteiger partial charge on any atom is 0.176 e. The summed E-state index contributed by atoms with van der Waals surface area (Å²) in [6.07, 6.45) is 0.997. The molecule has 0 unspecified atom stereocenters. The first-order valence-corrected chi connectivity index (χ1v) is 4.73. The van der Waals surface area contributed by atoms with E-state index in [2.05, 4.69) is 5.32 Å². The number of carbonyl (C=O) groups excluding carboxylic acids is 1. The van der Waals surface area contributed by atoms with Gasteiger partial charge in [0.05, 0.1) is 6.54 Å². The predicted molar refractivity (Wildman–Crippen MR) is 53.9 cm³/mol. The van der Waals surface area contributed by atoms with Crippen molar-refractivity contribution in [1.82, 2.24) is 5.32 Å². The molecule has 0 radical (unpaired) electrons. The van der Waals surface area contributed by atoms with Gasteiger partial charge in [-0.05, 0) is 37.2 Å². The van der Waals surface area contributed by atoms with Crippen molar-refractivity contribution in [3.05, 3.63) is 35.6 Å². The van der Waals surface area contributed by atoms with Gasteiger partial charge in [-0.1, -0.05) is 6.92 Å². The van der Waals surface area contributed by atoms with Crippen LogP contribution in [0.1, 0.15) is 23.7 Å². The minimum absolute atomic E-state index is 0.00144. The maximum absolute atomic E-state index is 12.5. The zero-order valence-corrected chi connectivity index (χ0v) is 8.22. The third-order valence-electron chi connectivity index (χ3n) is 1.88. The molecule has 0 aliphatic heterocycles. The van der Waals surface area contributed by atoms with Gasteiger partial charge in [0.2, 0.25) is 0 Å². The van der Waals surface area contributed by atoms with Crippen LogP contribution in [0.2, 0.25) is 0 Å². The van der Waals surface area contributed by atoms with Gasteiger partial charge in [0.15, 0.2) is 5.78 Å². The van der Waals surface area contributed by atoms with Crippen molar-refractivity contribution in [3.63, 3.8) is 0 Å². The molecule has 1 aromatic rings. The van der Waals surface area contributed by atoms with Crippen molar-refractivity contribution < 1.29 is 9.18 Å². The lowest BCUT2D eigenvalue weighted by atomic mass is 10.1. The quantitative estimate of drug-likeness (QED) is 0.575. The molecule has 1 aromatic carbocycles. The molecule has 0 bridgehead atoms. The highest BCUT2D eigenvalue weighted by molar-refractivity contribution is 5.97. The van der Waals surface area contributed by atoms with Gasteiger partial charge in [-0.3, -0.25) is 4.79 Å². The molecule has 0 heterocycles. The van der Waals surface area contributed by atoms with Gasteiger partial charge >= 0.3 is 0 Å². The normalized spacial score (nSPS) is 10.1. The third-order valence-corrected chi connectivity index (χ3v) is 1.88. The average Bonchev–Trinajstić information content (AvgIpc) is 2.19. The molecule has 76 valence electrons. The number of benzene rings is 1. The van der Waals surface area contributed by atoms with Gasteiger partial charge in [0, 0.05) is 5.56 Å². The van der Waals surface area contributed by atoms with E-state index >= 15 is 0 Å². The summed E-state index contributed by atoms with van der Waals surface area (Å²) >= 11 is 0. The number of nitrogens with one attached hydrogen (secondary N) is 1. The van der Waals surface area contributed by atoms with E-state index in [-0.39, 0.29) is 11.6 Å². The second kappa shape index (κ2) is 5.50. The van der Waals surface area contributed by atoms with Crippen LogP contribution in [0.4, 0.5) is 4.39 Å². The van der Waals surface area contributed by atoms with Gasteiger partial charge in [-0.25, -0.2) is 4.39 Å². The fourth-order valence-corrected chi connectivity index (χ4v) is 1.12. The van der Waals surface area contributed by atoms with Crippen molar-refractivity contribution >= 4 is 5.78 Å².